The Bertz CT molecular complexity index is 733. The number of amidine groups is 1. The molecular formula is C20H24FN3. The van der Waals surface area contributed by atoms with E-state index in [1.165, 1.54) is 12.3 Å². The Balaban J connectivity index is 2.75. The molecule has 126 valence electrons. The minimum Gasteiger partial charge on any atom is -0.344 e. The van der Waals surface area contributed by atoms with E-state index in [-0.39, 0.29) is 5.82 Å². The topological polar surface area (TPSA) is 48.2 Å². The Hall–Kier alpha value is -2.75. The van der Waals surface area contributed by atoms with Gasteiger partial charge in [0.05, 0.1) is 0 Å². The molecule has 0 atom stereocenters. The summed E-state index contributed by atoms with van der Waals surface area (Å²) < 4.78 is 13.5. The first-order chi connectivity index (χ1) is 11.3. The van der Waals surface area contributed by atoms with E-state index in [9.17, 15) is 4.39 Å². The number of halogens is 1. The van der Waals surface area contributed by atoms with Crippen LogP contribution in [0.15, 0.2) is 70.9 Å². The molecule has 3 nitrogen and oxygen atoms in total. The number of hydrogen-bond acceptors (Lipinski definition) is 2. The van der Waals surface area contributed by atoms with Crippen molar-refractivity contribution in [1.29, 1.82) is 5.41 Å². The van der Waals surface area contributed by atoms with Crippen LogP contribution in [0, 0.1) is 18.2 Å². The minimum absolute atomic E-state index is 0.253. The quantitative estimate of drug-likeness (QED) is 0.400. The Morgan fingerprint density at radius 2 is 1.96 bits per heavy atom. The van der Waals surface area contributed by atoms with Gasteiger partial charge in [-0.3, -0.25) is 0 Å². The van der Waals surface area contributed by atoms with E-state index < -0.39 is 0 Å². The highest BCUT2D eigenvalue weighted by Crippen LogP contribution is 2.13. The molecular weight excluding hydrogens is 301 g/mol. The van der Waals surface area contributed by atoms with Gasteiger partial charge in [0, 0.05) is 18.1 Å². The number of nitrogens with zero attached hydrogens (tertiary/aromatic N) is 1. The number of aryl methyl sites for hydroxylation is 1. The lowest BCUT2D eigenvalue weighted by atomic mass is 10.1. The van der Waals surface area contributed by atoms with E-state index in [2.05, 4.69) is 16.9 Å². The standard InChI is InChI=1S/C20H24FN3/c1-14(2)6-8-18(13-22)15(3)10-11-23-17(5)24-19-9-7-16(4)20(21)12-19/h6-13,22H,3H2,1-2,4-5H3,(H,23,24)/b11-10-,18-8+,22-13?. The van der Waals surface area contributed by atoms with Crippen LogP contribution in [-0.2, 0) is 0 Å². The fourth-order valence-electron chi connectivity index (χ4n) is 1.75. The van der Waals surface area contributed by atoms with Gasteiger partial charge in [-0.25, -0.2) is 9.38 Å². The van der Waals surface area contributed by atoms with Crippen molar-refractivity contribution in [3.05, 3.63) is 77.3 Å². The number of anilines is 1. The summed E-state index contributed by atoms with van der Waals surface area (Å²) in [5, 5.41) is 10.5. The Labute approximate surface area is 143 Å². The van der Waals surface area contributed by atoms with E-state index in [1.54, 1.807) is 38.3 Å². The van der Waals surface area contributed by atoms with Crippen molar-refractivity contribution in [2.45, 2.75) is 27.7 Å². The summed E-state index contributed by atoms with van der Waals surface area (Å²) in [5.41, 5.74) is 3.81. The van der Waals surface area contributed by atoms with Gasteiger partial charge in [-0.15, -0.1) is 0 Å². The Morgan fingerprint density at radius 3 is 2.54 bits per heavy atom. The molecule has 1 aromatic rings. The lowest BCUT2D eigenvalue weighted by Gasteiger charge is -2.06. The largest absolute Gasteiger partial charge is 0.344 e. The van der Waals surface area contributed by atoms with Gasteiger partial charge in [0.1, 0.15) is 11.7 Å². The number of nitrogens with one attached hydrogen (secondary N) is 2. The van der Waals surface area contributed by atoms with E-state index >= 15 is 0 Å². The van der Waals surface area contributed by atoms with E-state index in [0.29, 0.717) is 28.2 Å². The highest BCUT2D eigenvalue weighted by molar-refractivity contribution is 5.94. The Morgan fingerprint density at radius 1 is 1.25 bits per heavy atom. The summed E-state index contributed by atoms with van der Waals surface area (Å²) in [4.78, 5) is 4.25. The number of benzene rings is 1. The molecule has 2 N–H and O–H groups in total. The van der Waals surface area contributed by atoms with Crippen LogP contribution < -0.4 is 5.32 Å². The van der Waals surface area contributed by atoms with E-state index in [0.717, 1.165) is 5.57 Å². The molecule has 0 aliphatic rings. The van der Waals surface area contributed by atoms with Gasteiger partial charge in [0.15, 0.2) is 0 Å². The second-order valence-electron chi connectivity index (χ2n) is 5.65. The first-order valence-electron chi connectivity index (χ1n) is 7.62. The van der Waals surface area contributed by atoms with Crippen LogP contribution >= 0.6 is 0 Å². The average Bonchev–Trinajstić information content (AvgIpc) is 2.51. The lowest BCUT2D eigenvalue weighted by Crippen LogP contribution is -2.06. The highest BCUT2D eigenvalue weighted by Gasteiger charge is 1.99. The van der Waals surface area contributed by atoms with Gasteiger partial charge in [0.2, 0.25) is 0 Å². The first-order valence-corrected chi connectivity index (χ1v) is 7.62. The van der Waals surface area contributed by atoms with Crippen LogP contribution in [-0.4, -0.2) is 12.1 Å². The van der Waals surface area contributed by atoms with E-state index in [1.807, 2.05) is 26.0 Å². The number of aliphatic imine (C=N–C) groups is 1. The van der Waals surface area contributed by atoms with Crippen LogP contribution in [0.2, 0.25) is 0 Å². The molecule has 0 spiro atoms. The van der Waals surface area contributed by atoms with Gasteiger partial charge in [-0.1, -0.05) is 30.4 Å². The molecule has 0 aliphatic heterocycles. The molecule has 0 saturated heterocycles. The van der Waals surface area contributed by atoms with Crippen molar-refractivity contribution in [1.82, 2.24) is 0 Å². The third-order valence-corrected chi connectivity index (χ3v) is 3.16. The predicted molar refractivity (Wildman–Crippen MR) is 102 cm³/mol. The normalized spacial score (nSPS) is 12.2. The van der Waals surface area contributed by atoms with Gasteiger partial charge >= 0.3 is 0 Å². The zero-order valence-corrected chi connectivity index (χ0v) is 14.7. The second kappa shape index (κ2) is 9.40. The molecule has 0 fully saturated rings. The molecule has 0 unspecified atom stereocenters. The van der Waals surface area contributed by atoms with Crippen molar-refractivity contribution in [2.75, 3.05) is 5.32 Å². The summed E-state index contributed by atoms with van der Waals surface area (Å²) in [6, 6.07) is 4.95. The van der Waals surface area contributed by atoms with Gasteiger partial charge in [-0.2, -0.15) is 0 Å². The van der Waals surface area contributed by atoms with E-state index in [4.69, 9.17) is 5.41 Å². The fourth-order valence-corrected chi connectivity index (χ4v) is 1.75. The first kappa shape index (κ1) is 19.3. The second-order valence-corrected chi connectivity index (χ2v) is 5.65. The maximum atomic E-state index is 13.5. The monoisotopic (exact) mass is 325 g/mol. The number of rotatable bonds is 6. The average molecular weight is 325 g/mol. The molecule has 0 heterocycles. The summed E-state index contributed by atoms with van der Waals surface area (Å²) in [6.45, 7) is 11.4. The minimum atomic E-state index is -0.253. The predicted octanol–water partition coefficient (Wildman–Crippen LogP) is 5.58. The zero-order chi connectivity index (χ0) is 18.1. The van der Waals surface area contributed by atoms with Gasteiger partial charge in [-0.05, 0) is 62.6 Å². The third kappa shape index (κ3) is 6.57. The summed E-state index contributed by atoms with van der Waals surface area (Å²) in [7, 11) is 0. The van der Waals surface area contributed by atoms with Crippen molar-refractivity contribution in [3.8, 4) is 0 Å². The highest BCUT2D eigenvalue weighted by atomic mass is 19.1. The summed E-state index contributed by atoms with van der Waals surface area (Å²) >= 11 is 0. The molecule has 24 heavy (non-hydrogen) atoms. The lowest BCUT2D eigenvalue weighted by molar-refractivity contribution is 0.619. The smallest absolute Gasteiger partial charge is 0.128 e. The SMILES string of the molecule is C=C(/C=C\N=C(C)Nc1ccc(C)c(F)c1)/C(C=N)=C/C=C(C)C. The van der Waals surface area contributed by atoms with Crippen molar-refractivity contribution < 1.29 is 4.39 Å². The molecule has 0 aromatic heterocycles. The van der Waals surface area contributed by atoms with Gasteiger partial charge < -0.3 is 10.7 Å². The molecule has 1 rings (SSSR count). The van der Waals surface area contributed by atoms with Crippen molar-refractivity contribution in [2.24, 2.45) is 4.99 Å². The van der Waals surface area contributed by atoms with Crippen LogP contribution in [0.3, 0.4) is 0 Å². The fraction of sp³-hybridized carbons (Fsp3) is 0.200. The zero-order valence-electron chi connectivity index (χ0n) is 14.7. The van der Waals surface area contributed by atoms with Crippen LogP contribution in [0.25, 0.3) is 0 Å². The Kier molecular flexibility index (Phi) is 7.56. The van der Waals surface area contributed by atoms with Crippen LogP contribution in [0.5, 0.6) is 0 Å². The molecule has 0 radical (unpaired) electrons. The van der Waals surface area contributed by atoms with Crippen LogP contribution in [0.4, 0.5) is 10.1 Å². The molecule has 0 aliphatic carbocycles. The molecule has 4 heteroatoms. The van der Waals surface area contributed by atoms with Crippen molar-refractivity contribution >= 4 is 17.7 Å². The maximum absolute atomic E-state index is 13.5. The summed E-state index contributed by atoms with van der Waals surface area (Å²) in [6.07, 6.45) is 8.38. The molecule has 1 aromatic carbocycles. The maximum Gasteiger partial charge on any atom is 0.128 e. The van der Waals surface area contributed by atoms with Crippen molar-refractivity contribution in [3.63, 3.8) is 0 Å². The molecule has 0 bridgehead atoms. The van der Waals surface area contributed by atoms with Gasteiger partial charge in [0.25, 0.3) is 0 Å². The summed E-state index contributed by atoms with van der Waals surface area (Å²) in [5.74, 6) is 0.378. The van der Waals surface area contributed by atoms with Crippen LogP contribution in [0.1, 0.15) is 26.3 Å². The number of allylic oxidation sites excluding steroid dienone is 6. The number of hydrogen-bond donors (Lipinski definition) is 2. The third-order valence-electron chi connectivity index (χ3n) is 3.16. The molecule has 0 amide bonds. The molecule has 0 saturated carbocycles.